The summed E-state index contributed by atoms with van der Waals surface area (Å²) in [6.45, 7) is 3.78. The van der Waals surface area contributed by atoms with Crippen molar-refractivity contribution in [1.29, 1.82) is 0 Å². The number of benzene rings is 3. The molecule has 0 atom stereocenters. The van der Waals surface area contributed by atoms with Gasteiger partial charge in [0.25, 0.3) is 0 Å². The lowest BCUT2D eigenvalue weighted by Crippen LogP contribution is -2.09. The maximum absolute atomic E-state index is 12.8. The summed E-state index contributed by atoms with van der Waals surface area (Å²) >= 11 is 0. The highest BCUT2D eigenvalue weighted by atomic mass is 16.3. The predicted molar refractivity (Wildman–Crippen MR) is 101 cm³/mol. The highest BCUT2D eigenvalue weighted by Gasteiger charge is 2.22. The second kappa shape index (κ2) is 5.26. The van der Waals surface area contributed by atoms with E-state index in [0.29, 0.717) is 33.5 Å². The van der Waals surface area contributed by atoms with Gasteiger partial charge >= 0.3 is 0 Å². The summed E-state index contributed by atoms with van der Waals surface area (Å²) in [4.78, 5) is 17.6. The van der Waals surface area contributed by atoms with Crippen LogP contribution in [0.5, 0.6) is 0 Å². The van der Waals surface area contributed by atoms with Crippen LogP contribution in [-0.2, 0) is 0 Å². The Kier molecular flexibility index (Phi) is 3.00. The van der Waals surface area contributed by atoms with Gasteiger partial charge in [0.2, 0.25) is 0 Å². The summed E-state index contributed by atoms with van der Waals surface area (Å²) in [5.74, 6) is 0.497. The molecular formula is C21H15N3O2. The average Bonchev–Trinajstić information content (AvgIpc) is 3.11. The molecule has 126 valence electrons. The van der Waals surface area contributed by atoms with Crippen LogP contribution in [0.4, 0.5) is 0 Å². The second-order valence-electron chi connectivity index (χ2n) is 6.49. The second-order valence-corrected chi connectivity index (χ2v) is 6.49. The molecule has 5 heteroatoms. The van der Waals surface area contributed by atoms with Gasteiger partial charge in [-0.2, -0.15) is 5.10 Å². The maximum Gasteiger partial charge on any atom is 0.196 e. The Balaban J connectivity index is 1.92. The van der Waals surface area contributed by atoms with Crippen LogP contribution >= 0.6 is 0 Å². The molecule has 0 bridgehead atoms. The predicted octanol–water partition coefficient (Wildman–Crippen LogP) is 4.25. The van der Waals surface area contributed by atoms with Crippen LogP contribution in [0.2, 0.25) is 0 Å². The Morgan fingerprint density at radius 1 is 1.04 bits per heavy atom. The lowest BCUT2D eigenvalue weighted by molar-refractivity contribution is 0.609. The fraction of sp³-hybridized carbons (Fsp3) is 0.0952. The topological polar surface area (TPSA) is 60.9 Å². The van der Waals surface area contributed by atoms with E-state index in [0.717, 1.165) is 16.8 Å². The fourth-order valence-corrected chi connectivity index (χ4v) is 3.28. The molecule has 1 aliphatic carbocycles. The van der Waals surface area contributed by atoms with Crippen molar-refractivity contribution in [2.45, 2.75) is 13.8 Å². The van der Waals surface area contributed by atoms with Gasteiger partial charge in [-0.05, 0) is 43.7 Å². The molecule has 1 aliphatic heterocycles. The zero-order valence-corrected chi connectivity index (χ0v) is 14.4. The van der Waals surface area contributed by atoms with Crippen LogP contribution < -0.4 is 5.43 Å². The van der Waals surface area contributed by atoms with Crippen LogP contribution in [0.15, 0.2) is 63.9 Å². The molecule has 3 aromatic rings. The number of hydrogen-bond donors (Lipinski definition) is 0. The zero-order valence-electron chi connectivity index (χ0n) is 14.4. The van der Waals surface area contributed by atoms with E-state index in [1.807, 2.05) is 55.5 Å². The Hall–Kier alpha value is -3.47. The first-order chi connectivity index (χ1) is 12.6. The summed E-state index contributed by atoms with van der Waals surface area (Å²) in [6.07, 6.45) is 1.77. The lowest BCUT2D eigenvalue weighted by Gasteiger charge is -2.09. The maximum atomic E-state index is 12.8. The molecule has 0 amide bonds. The molecule has 1 aromatic heterocycles. The van der Waals surface area contributed by atoms with Gasteiger partial charge in [0.15, 0.2) is 16.8 Å². The average molecular weight is 341 g/mol. The van der Waals surface area contributed by atoms with E-state index in [4.69, 9.17) is 9.40 Å². The van der Waals surface area contributed by atoms with Gasteiger partial charge in [-0.15, -0.1) is 0 Å². The van der Waals surface area contributed by atoms with Crippen molar-refractivity contribution in [3.8, 4) is 17.1 Å². The standard InChI is InChI=1S/C21H15N3O2/c1-12-8-9-17-16(10-12)22-19-18-15(20(25)13(2)21(19)26-17)11-24(23-18)14-6-4-3-5-7-14/h3-11H,1-2H3. The molecule has 5 rings (SSSR count). The SMILES string of the molecule is Cc1ccc2oc3c(C)c(=O)c4cn(-c5ccccc5)nc4c-3nc2c1. The molecule has 0 saturated carbocycles. The van der Waals surface area contributed by atoms with Crippen LogP contribution in [0.3, 0.4) is 0 Å². The number of aromatic nitrogens is 3. The Morgan fingerprint density at radius 2 is 1.85 bits per heavy atom. The summed E-state index contributed by atoms with van der Waals surface area (Å²) in [6, 6.07) is 15.5. The Bertz CT molecular complexity index is 1320. The molecule has 0 radical (unpaired) electrons. The number of fused-ring (bicyclic) bond motifs is 4. The van der Waals surface area contributed by atoms with Crippen molar-refractivity contribution >= 4 is 22.0 Å². The molecule has 5 nitrogen and oxygen atoms in total. The van der Waals surface area contributed by atoms with Gasteiger partial charge in [-0.3, -0.25) is 4.79 Å². The monoisotopic (exact) mass is 341 g/mol. The Labute approximate surface area is 148 Å². The van der Waals surface area contributed by atoms with Crippen molar-refractivity contribution in [2.24, 2.45) is 0 Å². The molecule has 26 heavy (non-hydrogen) atoms. The minimum Gasteiger partial charge on any atom is -0.452 e. The molecular weight excluding hydrogens is 326 g/mol. The fourth-order valence-electron chi connectivity index (χ4n) is 3.28. The number of hydrogen-bond acceptors (Lipinski definition) is 4. The van der Waals surface area contributed by atoms with E-state index in [1.54, 1.807) is 17.8 Å². The van der Waals surface area contributed by atoms with Crippen LogP contribution in [-0.4, -0.2) is 14.8 Å². The van der Waals surface area contributed by atoms with Gasteiger partial charge in [0.05, 0.1) is 11.1 Å². The molecule has 0 saturated heterocycles. The number of rotatable bonds is 1. The van der Waals surface area contributed by atoms with Crippen LogP contribution in [0.25, 0.3) is 39.1 Å². The van der Waals surface area contributed by atoms with Gasteiger partial charge in [0.1, 0.15) is 16.7 Å². The molecule has 0 N–H and O–H groups in total. The normalized spacial score (nSPS) is 11.6. The third-order valence-electron chi connectivity index (χ3n) is 4.66. The smallest absolute Gasteiger partial charge is 0.196 e. The third-order valence-corrected chi connectivity index (χ3v) is 4.66. The summed E-state index contributed by atoms with van der Waals surface area (Å²) in [5.41, 5.74) is 5.06. The number of aryl methyl sites for hydroxylation is 1. The first kappa shape index (κ1) is 14.8. The van der Waals surface area contributed by atoms with Crippen molar-refractivity contribution in [3.05, 3.63) is 76.1 Å². The van der Waals surface area contributed by atoms with E-state index in [2.05, 4.69) is 5.10 Å². The Morgan fingerprint density at radius 3 is 2.65 bits per heavy atom. The first-order valence-corrected chi connectivity index (χ1v) is 8.40. The summed E-state index contributed by atoms with van der Waals surface area (Å²) < 4.78 is 7.74. The molecule has 2 heterocycles. The van der Waals surface area contributed by atoms with Crippen molar-refractivity contribution in [3.63, 3.8) is 0 Å². The molecule has 2 aromatic carbocycles. The highest BCUT2D eigenvalue weighted by Crippen LogP contribution is 2.32. The zero-order chi connectivity index (χ0) is 17.8. The minimum atomic E-state index is -0.0771. The van der Waals surface area contributed by atoms with E-state index in [9.17, 15) is 4.79 Å². The first-order valence-electron chi connectivity index (χ1n) is 8.40. The summed E-state index contributed by atoms with van der Waals surface area (Å²) in [5, 5.41) is 5.19. The molecule has 0 spiro atoms. The third kappa shape index (κ3) is 2.07. The van der Waals surface area contributed by atoms with Crippen LogP contribution in [0.1, 0.15) is 11.1 Å². The lowest BCUT2D eigenvalue weighted by atomic mass is 10.1. The van der Waals surface area contributed by atoms with E-state index in [-0.39, 0.29) is 5.43 Å². The van der Waals surface area contributed by atoms with E-state index in [1.165, 1.54) is 0 Å². The highest BCUT2D eigenvalue weighted by molar-refractivity contribution is 5.95. The molecule has 2 aliphatic rings. The van der Waals surface area contributed by atoms with Gasteiger partial charge in [0, 0.05) is 11.8 Å². The largest absolute Gasteiger partial charge is 0.452 e. The van der Waals surface area contributed by atoms with E-state index < -0.39 is 0 Å². The van der Waals surface area contributed by atoms with Gasteiger partial charge in [-0.1, -0.05) is 24.3 Å². The minimum absolute atomic E-state index is 0.0771. The summed E-state index contributed by atoms with van der Waals surface area (Å²) in [7, 11) is 0. The number of para-hydroxylation sites is 1. The molecule has 0 unspecified atom stereocenters. The quantitative estimate of drug-likeness (QED) is 0.428. The van der Waals surface area contributed by atoms with Crippen LogP contribution in [0, 0.1) is 13.8 Å². The van der Waals surface area contributed by atoms with Crippen molar-refractivity contribution < 1.29 is 4.42 Å². The van der Waals surface area contributed by atoms with Gasteiger partial charge in [-0.25, -0.2) is 9.67 Å². The van der Waals surface area contributed by atoms with Crippen molar-refractivity contribution in [1.82, 2.24) is 14.8 Å². The molecule has 0 fully saturated rings. The van der Waals surface area contributed by atoms with Gasteiger partial charge < -0.3 is 4.42 Å². The van der Waals surface area contributed by atoms with Crippen molar-refractivity contribution in [2.75, 3.05) is 0 Å². The van der Waals surface area contributed by atoms with E-state index >= 15 is 0 Å². The number of nitrogens with zero attached hydrogens (tertiary/aromatic N) is 3.